The average molecular weight is 135 g/mol. The van der Waals surface area contributed by atoms with Crippen molar-refractivity contribution in [2.45, 2.75) is 0 Å². The Hall–Kier alpha value is -0.940. The van der Waals surface area contributed by atoms with E-state index >= 15 is 0 Å². The van der Waals surface area contributed by atoms with Crippen molar-refractivity contribution in [1.29, 1.82) is 0 Å². The molecular weight excluding hydrogens is 126 g/mol. The topological polar surface area (TPSA) is 101 Å². The molecule has 0 unspecified atom stereocenters. The van der Waals surface area contributed by atoms with E-state index in [4.69, 9.17) is 15.0 Å². The lowest BCUT2D eigenvalue weighted by molar-refractivity contribution is -0.135. The maximum atomic E-state index is 9.24. The highest BCUT2D eigenvalue weighted by molar-refractivity contribution is 5.68. The molecule has 54 valence electrons. The van der Waals surface area contributed by atoms with Gasteiger partial charge >= 0.3 is 5.97 Å². The third-order valence-electron chi connectivity index (χ3n) is 0.249. The minimum atomic E-state index is -0.968. The van der Waals surface area contributed by atoms with Crippen LogP contribution < -0.4 is 5.73 Å². The van der Waals surface area contributed by atoms with Gasteiger partial charge in [-0.2, -0.15) is 0 Å². The number of nitrogens with two attached hydrogens (primary N) is 1. The molecule has 0 radical (unpaired) electrons. The summed E-state index contributed by atoms with van der Waals surface area (Å²) in [5.74, 6) is -0.968. The van der Waals surface area contributed by atoms with Crippen LogP contribution in [0.1, 0.15) is 0 Å². The van der Waals surface area contributed by atoms with Crippen LogP contribution in [0, 0.1) is 0 Å². The second-order valence-electron chi connectivity index (χ2n) is 0.947. The molecule has 5 heteroatoms. The molecule has 4 N–H and O–H groups in total. The SMILES string of the molecule is NCC(=O)O.O=CCO. The zero-order chi connectivity index (χ0) is 7.70. The van der Waals surface area contributed by atoms with Crippen molar-refractivity contribution in [2.24, 2.45) is 5.73 Å². The van der Waals surface area contributed by atoms with Crippen LogP contribution >= 0.6 is 0 Å². The molecule has 0 aromatic carbocycles. The first-order valence-corrected chi connectivity index (χ1v) is 2.15. The maximum Gasteiger partial charge on any atom is 0.317 e. The molecule has 5 nitrogen and oxygen atoms in total. The molecule has 0 amide bonds. The largest absolute Gasteiger partial charge is 0.480 e. The Bertz CT molecular complexity index is 82.6. The fourth-order valence-corrected chi connectivity index (χ4v) is 0. The molecule has 0 fully saturated rings. The normalized spacial score (nSPS) is 6.89. The quantitative estimate of drug-likeness (QED) is 0.388. The van der Waals surface area contributed by atoms with Crippen molar-refractivity contribution >= 4 is 12.3 Å². The van der Waals surface area contributed by atoms with Gasteiger partial charge in [-0.15, -0.1) is 0 Å². The van der Waals surface area contributed by atoms with Gasteiger partial charge < -0.3 is 20.7 Å². The lowest BCUT2D eigenvalue weighted by Gasteiger charge is -1.73. The first-order chi connectivity index (χ1) is 4.18. The Labute approximate surface area is 52.1 Å². The smallest absolute Gasteiger partial charge is 0.317 e. The summed E-state index contributed by atoms with van der Waals surface area (Å²) in [6, 6.07) is 0. The molecule has 0 aromatic rings. The number of aliphatic carboxylic acids is 1. The minimum Gasteiger partial charge on any atom is -0.480 e. The van der Waals surface area contributed by atoms with Crippen LogP contribution in [-0.4, -0.2) is 35.6 Å². The van der Waals surface area contributed by atoms with Crippen molar-refractivity contribution in [2.75, 3.05) is 13.2 Å². The van der Waals surface area contributed by atoms with E-state index in [1.807, 2.05) is 0 Å². The standard InChI is InChI=1S/C2H5NO2.C2H4O2/c3-1-2(4)5;3-1-2-4/h1,3H2,(H,4,5);1,4H,2H2. The molecule has 0 aromatic heterocycles. The van der Waals surface area contributed by atoms with E-state index in [2.05, 4.69) is 5.73 Å². The summed E-state index contributed by atoms with van der Waals surface area (Å²) in [4.78, 5) is 18.2. The van der Waals surface area contributed by atoms with Crippen molar-refractivity contribution in [3.05, 3.63) is 0 Å². The van der Waals surface area contributed by atoms with E-state index in [1.165, 1.54) is 0 Å². The summed E-state index contributed by atoms with van der Waals surface area (Å²) in [6.45, 7) is -0.639. The maximum absolute atomic E-state index is 9.24. The van der Waals surface area contributed by atoms with Gasteiger partial charge in [0.2, 0.25) is 0 Å². The predicted octanol–water partition coefficient (Wildman–Crippen LogP) is -1.79. The second-order valence-corrected chi connectivity index (χ2v) is 0.947. The Balaban J connectivity index is 0. The fourth-order valence-electron chi connectivity index (χ4n) is 0. The van der Waals surface area contributed by atoms with Crippen LogP contribution in [0.25, 0.3) is 0 Å². The monoisotopic (exact) mass is 135 g/mol. The predicted molar refractivity (Wildman–Crippen MR) is 29.8 cm³/mol. The highest BCUT2D eigenvalue weighted by Crippen LogP contribution is 1.43. The molecule has 0 spiro atoms. The van der Waals surface area contributed by atoms with Gasteiger partial charge in [0.15, 0.2) is 0 Å². The number of carbonyl (C=O) groups is 2. The highest BCUT2D eigenvalue weighted by atomic mass is 16.4. The molecule has 0 rings (SSSR count). The van der Waals surface area contributed by atoms with Gasteiger partial charge in [0.05, 0.1) is 13.2 Å². The number of carboxylic acids is 1. The number of carbonyl (C=O) groups excluding carboxylic acids is 1. The molecule has 0 bridgehead atoms. The number of aldehydes is 1. The molecule has 0 saturated heterocycles. The van der Waals surface area contributed by atoms with E-state index in [0.717, 1.165) is 0 Å². The van der Waals surface area contributed by atoms with E-state index in [1.54, 1.807) is 0 Å². The van der Waals surface area contributed by atoms with Crippen LogP contribution in [0.4, 0.5) is 0 Å². The lowest BCUT2D eigenvalue weighted by Crippen LogP contribution is -2.10. The Morgan fingerprint density at radius 2 is 1.89 bits per heavy atom. The number of hydrogen-bond acceptors (Lipinski definition) is 4. The van der Waals surface area contributed by atoms with E-state index in [0.29, 0.717) is 6.29 Å². The number of hydrogen-bond donors (Lipinski definition) is 3. The van der Waals surface area contributed by atoms with E-state index in [-0.39, 0.29) is 13.2 Å². The van der Waals surface area contributed by atoms with Gasteiger partial charge in [-0.3, -0.25) is 4.79 Å². The zero-order valence-electron chi connectivity index (χ0n) is 4.78. The first-order valence-electron chi connectivity index (χ1n) is 2.15. The van der Waals surface area contributed by atoms with Gasteiger partial charge in [-0.25, -0.2) is 0 Å². The molecule has 0 atom stereocenters. The van der Waals surface area contributed by atoms with Crippen LogP contribution in [0.3, 0.4) is 0 Å². The highest BCUT2D eigenvalue weighted by Gasteiger charge is 1.81. The Morgan fingerprint density at radius 1 is 1.67 bits per heavy atom. The second kappa shape index (κ2) is 10.1. The zero-order valence-corrected chi connectivity index (χ0v) is 4.78. The molecule has 0 saturated carbocycles. The third kappa shape index (κ3) is 42.6. The minimum absolute atomic E-state index is 0.278. The summed E-state index contributed by atoms with van der Waals surface area (Å²) in [7, 11) is 0. The van der Waals surface area contributed by atoms with E-state index < -0.39 is 5.97 Å². The molecular formula is C4H9NO4. The molecule has 9 heavy (non-hydrogen) atoms. The van der Waals surface area contributed by atoms with Crippen molar-refractivity contribution < 1.29 is 19.8 Å². The average Bonchev–Trinajstić information content (AvgIpc) is 1.89. The van der Waals surface area contributed by atoms with Crippen LogP contribution in [0.15, 0.2) is 0 Å². The number of rotatable bonds is 2. The fraction of sp³-hybridized carbons (Fsp3) is 0.500. The summed E-state index contributed by atoms with van der Waals surface area (Å²) < 4.78 is 0. The van der Waals surface area contributed by atoms with Crippen molar-refractivity contribution in [3.8, 4) is 0 Å². The Kier molecular flexibility index (Phi) is 12.3. The van der Waals surface area contributed by atoms with Gasteiger partial charge in [-0.05, 0) is 0 Å². The van der Waals surface area contributed by atoms with Gasteiger partial charge in [-0.1, -0.05) is 0 Å². The molecule has 0 aliphatic carbocycles. The third-order valence-corrected chi connectivity index (χ3v) is 0.249. The van der Waals surface area contributed by atoms with Crippen molar-refractivity contribution in [1.82, 2.24) is 0 Å². The van der Waals surface area contributed by atoms with Crippen LogP contribution in [-0.2, 0) is 9.59 Å². The van der Waals surface area contributed by atoms with Crippen LogP contribution in [0.5, 0.6) is 0 Å². The molecule has 0 aliphatic rings. The first kappa shape index (κ1) is 10.9. The number of aliphatic hydroxyl groups is 1. The number of aliphatic hydroxyl groups excluding tert-OH is 1. The van der Waals surface area contributed by atoms with Gasteiger partial charge in [0.25, 0.3) is 0 Å². The lowest BCUT2D eigenvalue weighted by atomic mass is 10.7. The summed E-state index contributed by atoms with van der Waals surface area (Å²) in [5, 5.41) is 15.1. The summed E-state index contributed by atoms with van der Waals surface area (Å²) in [5.41, 5.74) is 4.57. The van der Waals surface area contributed by atoms with Crippen LogP contribution in [0.2, 0.25) is 0 Å². The van der Waals surface area contributed by atoms with E-state index in [9.17, 15) is 4.79 Å². The number of carboxylic acid groups (broad SMARTS) is 1. The summed E-state index contributed by atoms with van der Waals surface area (Å²) >= 11 is 0. The van der Waals surface area contributed by atoms with Gasteiger partial charge in [0, 0.05) is 0 Å². The molecule has 0 heterocycles. The molecule has 0 aliphatic heterocycles. The Morgan fingerprint density at radius 3 is 1.89 bits per heavy atom. The summed E-state index contributed by atoms with van der Waals surface area (Å²) in [6.07, 6.45) is 0.431. The van der Waals surface area contributed by atoms with Crippen molar-refractivity contribution in [3.63, 3.8) is 0 Å². The van der Waals surface area contributed by atoms with Gasteiger partial charge in [0.1, 0.15) is 6.29 Å².